The van der Waals surface area contributed by atoms with Gasteiger partial charge in [0.15, 0.2) is 11.5 Å². The van der Waals surface area contributed by atoms with E-state index in [-0.39, 0.29) is 0 Å². The minimum absolute atomic E-state index is 0.330. The molecule has 1 aromatic rings. The van der Waals surface area contributed by atoms with E-state index >= 15 is 0 Å². The first-order valence-corrected chi connectivity index (χ1v) is 10.2. The molecule has 156 valence electrons. The summed E-state index contributed by atoms with van der Waals surface area (Å²) >= 11 is 0. The second kappa shape index (κ2) is 14.4. The van der Waals surface area contributed by atoms with Gasteiger partial charge in [0, 0.05) is 12.2 Å². The molecule has 0 atom stereocenters. The van der Waals surface area contributed by atoms with Gasteiger partial charge < -0.3 is 24.1 Å². The summed E-state index contributed by atoms with van der Waals surface area (Å²) in [5, 5.41) is 8.76. The Balaban J connectivity index is 2.40. The molecule has 0 bridgehead atoms. The van der Waals surface area contributed by atoms with Gasteiger partial charge in [-0.15, -0.1) is 0 Å². The van der Waals surface area contributed by atoms with Crippen molar-refractivity contribution in [1.82, 2.24) is 0 Å². The average molecular weight is 383 g/mol. The number of rotatable bonds is 16. The SMILES string of the molecule is COc1cc(CCCCCCCCCCCCO)c(OC)c(OC)c1OC. The Morgan fingerprint density at radius 3 is 1.52 bits per heavy atom. The standard InChI is InChI=1S/C22H38O5/c1-24-19-17-18(20(25-2)22(27-4)21(19)26-3)15-13-11-9-7-5-6-8-10-12-14-16-23/h17,23H,5-16H2,1-4H3. The Morgan fingerprint density at radius 1 is 0.593 bits per heavy atom. The van der Waals surface area contributed by atoms with Crippen molar-refractivity contribution >= 4 is 0 Å². The number of aliphatic hydroxyl groups is 1. The minimum atomic E-state index is 0.330. The summed E-state index contributed by atoms with van der Waals surface area (Å²) in [6.45, 7) is 0.330. The molecule has 1 aromatic carbocycles. The molecular weight excluding hydrogens is 344 g/mol. The fraction of sp³-hybridized carbons (Fsp3) is 0.727. The molecule has 0 heterocycles. The van der Waals surface area contributed by atoms with Crippen LogP contribution in [0.25, 0.3) is 0 Å². The molecule has 5 heteroatoms. The van der Waals surface area contributed by atoms with Crippen molar-refractivity contribution in [2.45, 2.75) is 70.6 Å². The van der Waals surface area contributed by atoms with Crippen LogP contribution in [0.4, 0.5) is 0 Å². The minimum Gasteiger partial charge on any atom is -0.493 e. The molecule has 27 heavy (non-hydrogen) atoms. The van der Waals surface area contributed by atoms with Crippen LogP contribution in [0.15, 0.2) is 6.07 Å². The van der Waals surface area contributed by atoms with Crippen LogP contribution in [-0.2, 0) is 6.42 Å². The lowest BCUT2D eigenvalue weighted by atomic mass is 10.0. The Kier molecular flexibility index (Phi) is 12.5. The van der Waals surface area contributed by atoms with Gasteiger partial charge in [0.2, 0.25) is 11.5 Å². The normalized spacial score (nSPS) is 10.7. The first kappa shape index (κ1) is 23.4. The summed E-state index contributed by atoms with van der Waals surface area (Å²) in [4.78, 5) is 0. The average Bonchev–Trinajstić information content (AvgIpc) is 2.70. The summed E-state index contributed by atoms with van der Waals surface area (Å²) < 4.78 is 22.0. The molecule has 0 saturated carbocycles. The lowest BCUT2D eigenvalue weighted by Crippen LogP contribution is -2.01. The quantitative estimate of drug-likeness (QED) is 0.400. The highest BCUT2D eigenvalue weighted by atomic mass is 16.5. The Labute approximate surface area is 165 Å². The molecule has 5 nitrogen and oxygen atoms in total. The Morgan fingerprint density at radius 2 is 1.07 bits per heavy atom. The molecule has 0 aromatic heterocycles. The zero-order valence-corrected chi connectivity index (χ0v) is 17.6. The van der Waals surface area contributed by atoms with Crippen molar-refractivity contribution in [3.05, 3.63) is 11.6 Å². The molecule has 1 rings (SSSR count). The van der Waals surface area contributed by atoms with E-state index in [4.69, 9.17) is 24.1 Å². The summed E-state index contributed by atoms with van der Waals surface area (Å²) in [6.07, 6.45) is 13.1. The highest BCUT2D eigenvalue weighted by Gasteiger charge is 2.21. The highest BCUT2D eigenvalue weighted by Crippen LogP contribution is 2.46. The zero-order valence-electron chi connectivity index (χ0n) is 17.6. The molecule has 0 spiro atoms. The van der Waals surface area contributed by atoms with Crippen molar-refractivity contribution in [3.63, 3.8) is 0 Å². The van der Waals surface area contributed by atoms with Crippen LogP contribution in [0.2, 0.25) is 0 Å². The molecular formula is C22H38O5. The van der Waals surface area contributed by atoms with Crippen molar-refractivity contribution in [1.29, 1.82) is 0 Å². The van der Waals surface area contributed by atoms with E-state index in [0.29, 0.717) is 23.9 Å². The first-order chi connectivity index (χ1) is 13.2. The number of benzene rings is 1. The molecule has 0 saturated heterocycles. The maximum atomic E-state index is 8.76. The number of hydrogen-bond donors (Lipinski definition) is 1. The third-order valence-electron chi connectivity index (χ3n) is 4.92. The van der Waals surface area contributed by atoms with Crippen LogP contribution in [0.1, 0.15) is 69.8 Å². The van der Waals surface area contributed by atoms with Crippen LogP contribution in [-0.4, -0.2) is 40.2 Å². The van der Waals surface area contributed by atoms with Crippen LogP contribution >= 0.6 is 0 Å². The molecule has 1 N–H and O–H groups in total. The van der Waals surface area contributed by atoms with E-state index in [1.165, 1.54) is 44.9 Å². The molecule has 0 aliphatic heterocycles. The number of aryl methyl sites for hydroxylation is 1. The van der Waals surface area contributed by atoms with E-state index in [0.717, 1.165) is 37.0 Å². The number of ether oxygens (including phenoxy) is 4. The van der Waals surface area contributed by atoms with Crippen molar-refractivity contribution in [2.75, 3.05) is 35.0 Å². The van der Waals surface area contributed by atoms with Crippen LogP contribution in [0, 0.1) is 0 Å². The van der Waals surface area contributed by atoms with E-state index in [1.54, 1.807) is 28.4 Å². The van der Waals surface area contributed by atoms with E-state index in [2.05, 4.69) is 0 Å². The van der Waals surface area contributed by atoms with Gasteiger partial charge in [-0.05, 0) is 25.3 Å². The van der Waals surface area contributed by atoms with Crippen LogP contribution in [0.5, 0.6) is 23.0 Å². The number of methoxy groups -OCH3 is 4. The first-order valence-electron chi connectivity index (χ1n) is 10.2. The van der Waals surface area contributed by atoms with Gasteiger partial charge in [-0.1, -0.05) is 51.4 Å². The second-order valence-electron chi connectivity index (χ2n) is 6.85. The second-order valence-corrected chi connectivity index (χ2v) is 6.85. The lowest BCUT2D eigenvalue weighted by molar-refractivity contribution is 0.282. The number of aliphatic hydroxyl groups excluding tert-OH is 1. The summed E-state index contributed by atoms with van der Waals surface area (Å²) in [5.41, 5.74) is 1.09. The van der Waals surface area contributed by atoms with Crippen LogP contribution in [0.3, 0.4) is 0 Å². The number of hydrogen-bond acceptors (Lipinski definition) is 5. The van der Waals surface area contributed by atoms with Gasteiger partial charge in [-0.25, -0.2) is 0 Å². The van der Waals surface area contributed by atoms with Crippen molar-refractivity contribution < 1.29 is 24.1 Å². The summed E-state index contributed by atoms with van der Waals surface area (Å²) in [7, 11) is 6.52. The molecule has 0 unspecified atom stereocenters. The predicted octanol–water partition coefficient (Wildman–Crippen LogP) is 5.16. The van der Waals surface area contributed by atoms with Gasteiger partial charge in [0.05, 0.1) is 28.4 Å². The van der Waals surface area contributed by atoms with Gasteiger partial charge in [-0.2, -0.15) is 0 Å². The predicted molar refractivity (Wildman–Crippen MR) is 110 cm³/mol. The van der Waals surface area contributed by atoms with Crippen LogP contribution < -0.4 is 18.9 Å². The topological polar surface area (TPSA) is 57.2 Å². The highest BCUT2D eigenvalue weighted by molar-refractivity contribution is 5.62. The van der Waals surface area contributed by atoms with Gasteiger partial charge >= 0.3 is 0 Å². The third kappa shape index (κ3) is 7.87. The summed E-state index contributed by atoms with van der Waals surface area (Å²) in [6, 6.07) is 1.99. The monoisotopic (exact) mass is 382 g/mol. The lowest BCUT2D eigenvalue weighted by Gasteiger charge is -2.18. The Bertz CT molecular complexity index is 516. The molecule has 0 fully saturated rings. The zero-order chi connectivity index (χ0) is 19.9. The largest absolute Gasteiger partial charge is 0.493 e. The Hall–Kier alpha value is -1.62. The van der Waals surface area contributed by atoms with Crippen molar-refractivity contribution in [3.8, 4) is 23.0 Å². The van der Waals surface area contributed by atoms with E-state index < -0.39 is 0 Å². The van der Waals surface area contributed by atoms with Gasteiger partial charge in [0.1, 0.15) is 0 Å². The van der Waals surface area contributed by atoms with Gasteiger partial charge in [0.25, 0.3) is 0 Å². The van der Waals surface area contributed by atoms with Gasteiger partial charge in [-0.3, -0.25) is 0 Å². The van der Waals surface area contributed by atoms with Crippen molar-refractivity contribution in [2.24, 2.45) is 0 Å². The molecule has 0 radical (unpaired) electrons. The molecule has 0 aliphatic carbocycles. The fourth-order valence-corrected chi connectivity index (χ4v) is 3.43. The smallest absolute Gasteiger partial charge is 0.207 e. The van der Waals surface area contributed by atoms with E-state index in [1.807, 2.05) is 6.07 Å². The maximum absolute atomic E-state index is 8.76. The van der Waals surface area contributed by atoms with E-state index in [9.17, 15) is 0 Å². The fourth-order valence-electron chi connectivity index (χ4n) is 3.43. The molecule has 0 amide bonds. The molecule has 0 aliphatic rings. The number of unbranched alkanes of at least 4 members (excludes halogenated alkanes) is 9. The maximum Gasteiger partial charge on any atom is 0.207 e. The summed E-state index contributed by atoms with van der Waals surface area (Å²) in [5.74, 6) is 2.57. The third-order valence-corrected chi connectivity index (χ3v) is 4.92.